The van der Waals surface area contributed by atoms with Gasteiger partial charge in [0, 0.05) is 4.47 Å². The lowest BCUT2D eigenvalue weighted by Crippen LogP contribution is -2.31. The van der Waals surface area contributed by atoms with Crippen LogP contribution in [0.15, 0.2) is 14.3 Å². The smallest absolute Gasteiger partial charge is 0.325 e. The van der Waals surface area contributed by atoms with Crippen molar-refractivity contribution < 1.29 is 14.3 Å². The van der Waals surface area contributed by atoms with Crippen molar-refractivity contribution in [3.05, 3.63) is 19.2 Å². The molecule has 1 heterocycles. The standard InChI is InChI=1S/C10H11Br2NO3S/c1-5(2)16-8(14)4-13-10(15)7-3-6(11)9(12)17-7/h3,5H,4H2,1-2H3,(H,13,15). The van der Waals surface area contributed by atoms with Gasteiger partial charge >= 0.3 is 5.97 Å². The van der Waals surface area contributed by atoms with Gasteiger partial charge in [-0.15, -0.1) is 11.3 Å². The quantitative estimate of drug-likeness (QED) is 0.812. The molecule has 17 heavy (non-hydrogen) atoms. The van der Waals surface area contributed by atoms with E-state index in [9.17, 15) is 9.59 Å². The van der Waals surface area contributed by atoms with Crippen molar-refractivity contribution in [2.45, 2.75) is 20.0 Å². The van der Waals surface area contributed by atoms with Crippen molar-refractivity contribution in [3.63, 3.8) is 0 Å². The van der Waals surface area contributed by atoms with Gasteiger partial charge in [-0.2, -0.15) is 0 Å². The molecule has 94 valence electrons. The van der Waals surface area contributed by atoms with Crippen LogP contribution < -0.4 is 5.32 Å². The van der Waals surface area contributed by atoms with Crippen molar-refractivity contribution in [3.8, 4) is 0 Å². The highest BCUT2D eigenvalue weighted by molar-refractivity contribution is 9.13. The minimum absolute atomic E-state index is 0.121. The van der Waals surface area contributed by atoms with Gasteiger partial charge in [0.25, 0.3) is 5.91 Å². The summed E-state index contributed by atoms with van der Waals surface area (Å²) >= 11 is 7.88. The van der Waals surface area contributed by atoms with Crippen molar-refractivity contribution in [1.82, 2.24) is 5.32 Å². The molecule has 7 heteroatoms. The fourth-order valence-corrected chi connectivity index (χ4v) is 2.95. The van der Waals surface area contributed by atoms with Crippen molar-refractivity contribution in [2.24, 2.45) is 0 Å². The Bertz CT molecular complexity index is 412. The molecular weight excluding hydrogens is 374 g/mol. The molecule has 1 rings (SSSR count). The fraction of sp³-hybridized carbons (Fsp3) is 0.400. The second-order valence-electron chi connectivity index (χ2n) is 3.45. The minimum atomic E-state index is -0.442. The molecule has 0 aliphatic heterocycles. The molecule has 0 unspecified atom stereocenters. The van der Waals surface area contributed by atoms with Crippen LogP contribution in [0.4, 0.5) is 0 Å². The lowest BCUT2D eigenvalue weighted by Gasteiger charge is -2.08. The van der Waals surface area contributed by atoms with Crippen LogP contribution in [0.2, 0.25) is 0 Å². The van der Waals surface area contributed by atoms with E-state index in [2.05, 4.69) is 37.2 Å². The van der Waals surface area contributed by atoms with Gasteiger partial charge in [0.05, 0.1) is 14.8 Å². The van der Waals surface area contributed by atoms with Crippen LogP contribution in [-0.4, -0.2) is 24.5 Å². The third-order valence-electron chi connectivity index (χ3n) is 1.63. The second kappa shape index (κ2) is 6.51. The van der Waals surface area contributed by atoms with Crippen LogP contribution in [0, 0.1) is 0 Å². The summed E-state index contributed by atoms with van der Waals surface area (Å²) in [5.41, 5.74) is 0. The normalized spacial score (nSPS) is 10.4. The Morgan fingerprint density at radius 1 is 1.47 bits per heavy atom. The Hall–Kier alpha value is -0.400. The number of carbonyl (C=O) groups excluding carboxylic acids is 2. The van der Waals surface area contributed by atoms with Crippen LogP contribution in [0.25, 0.3) is 0 Å². The number of rotatable bonds is 4. The number of esters is 1. The van der Waals surface area contributed by atoms with Gasteiger partial charge in [0.2, 0.25) is 0 Å². The summed E-state index contributed by atoms with van der Waals surface area (Å²) in [6, 6.07) is 1.69. The van der Waals surface area contributed by atoms with E-state index in [0.717, 1.165) is 8.26 Å². The van der Waals surface area contributed by atoms with Gasteiger partial charge in [-0.3, -0.25) is 9.59 Å². The first-order chi connectivity index (χ1) is 7.90. The summed E-state index contributed by atoms with van der Waals surface area (Å²) in [6.07, 6.45) is -0.176. The van der Waals surface area contributed by atoms with E-state index in [-0.39, 0.29) is 18.6 Å². The first-order valence-corrected chi connectivity index (χ1v) is 7.23. The second-order valence-corrected chi connectivity index (χ2v) is 6.68. The Balaban J connectivity index is 2.47. The summed E-state index contributed by atoms with van der Waals surface area (Å²) in [4.78, 5) is 23.4. The molecule has 0 aliphatic rings. The zero-order valence-corrected chi connectivity index (χ0v) is 13.2. The molecular formula is C10H11Br2NO3S. The number of thiophene rings is 1. The van der Waals surface area contributed by atoms with E-state index in [1.165, 1.54) is 11.3 Å². The van der Waals surface area contributed by atoms with Gasteiger partial charge in [0.1, 0.15) is 6.54 Å². The molecule has 0 spiro atoms. The lowest BCUT2D eigenvalue weighted by molar-refractivity contribution is -0.146. The zero-order chi connectivity index (χ0) is 13.0. The van der Waals surface area contributed by atoms with E-state index >= 15 is 0 Å². The third kappa shape index (κ3) is 4.77. The molecule has 0 aromatic carbocycles. The summed E-state index contributed by atoms with van der Waals surface area (Å²) < 4.78 is 6.55. The first kappa shape index (κ1) is 14.7. The third-order valence-corrected chi connectivity index (χ3v) is 4.88. The highest BCUT2D eigenvalue weighted by Crippen LogP contribution is 2.32. The molecule has 0 atom stereocenters. The van der Waals surface area contributed by atoms with Crippen LogP contribution in [-0.2, 0) is 9.53 Å². The molecule has 0 fully saturated rings. The first-order valence-electron chi connectivity index (χ1n) is 4.82. The maximum atomic E-state index is 11.7. The van der Waals surface area contributed by atoms with Crippen molar-refractivity contribution >= 4 is 55.1 Å². The Labute approximate surface area is 120 Å². The van der Waals surface area contributed by atoms with Crippen LogP contribution in [0.1, 0.15) is 23.5 Å². The lowest BCUT2D eigenvalue weighted by atomic mass is 10.4. The number of hydrogen-bond donors (Lipinski definition) is 1. The molecule has 1 aromatic heterocycles. The van der Waals surface area contributed by atoms with Gasteiger partial charge in [0.15, 0.2) is 0 Å². The Morgan fingerprint density at radius 3 is 2.59 bits per heavy atom. The van der Waals surface area contributed by atoms with E-state index in [1.54, 1.807) is 19.9 Å². The molecule has 0 saturated carbocycles. The summed E-state index contributed by atoms with van der Waals surface area (Å²) in [5.74, 6) is -0.731. The predicted octanol–water partition coefficient (Wildman–Crippen LogP) is 2.95. The van der Waals surface area contributed by atoms with Gasteiger partial charge < -0.3 is 10.1 Å². The Morgan fingerprint density at radius 2 is 2.12 bits per heavy atom. The number of amides is 1. The fourth-order valence-electron chi connectivity index (χ4n) is 1.00. The van der Waals surface area contributed by atoms with Crippen LogP contribution in [0.5, 0.6) is 0 Å². The van der Waals surface area contributed by atoms with Crippen LogP contribution >= 0.6 is 43.2 Å². The van der Waals surface area contributed by atoms with E-state index in [0.29, 0.717) is 4.88 Å². The maximum absolute atomic E-state index is 11.7. The zero-order valence-electron chi connectivity index (χ0n) is 9.25. The molecule has 0 bridgehead atoms. The number of hydrogen-bond acceptors (Lipinski definition) is 4. The average Bonchev–Trinajstić information content (AvgIpc) is 2.55. The largest absolute Gasteiger partial charge is 0.462 e. The van der Waals surface area contributed by atoms with Crippen LogP contribution in [0.3, 0.4) is 0 Å². The molecule has 0 aliphatic carbocycles. The van der Waals surface area contributed by atoms with Crippen molar-refractivity contribution in [1.29, 1.82) is 0 Å². The average molecular weight is 385 g/mol. The molecule has 1 aromatic rings. The SMILES string of the molecule is CC(C)OC(=O)CNC(=O)c1cc(Br)c(Br)s1. The minimum Gasteiger partial charge on any atom is -0.462 e. The van der Waals surface area contributed by atoms with Gasteiger partial charge in [-0.1, -0.05) is 0 Å². The number of halogens is 2. The monoisotopic (exact) mass is 383 g/mol. The molecule has 1 amide bonds. The highest BCUT2D eigenvalue weighted by Gasteiger charge is 2.13. The van der Waals surface area contributed by atoms with Gasteiger partial charge in [-0.05, 0) is 51.8 Å². The highest BCUT2D eigenvalue weighted by atomic mass is 79.9. The topological polar surface area (TPSA) is 55.4 Å². The molecule has 1 N–H and O–H groups in total. The number of carbonyl (C=O) groups is 2. The number of nitrogens with one attached hydrogen (secondary N) is 1. The maximum Gasteiger partial charge on any atom is 0.325 e. The van der Waals surface area contributed by atoms with E-state index < -0.39 is 5.97 Å². The van der Waals surface area contributed by atoms with E-state index in [1.807, 2.05) is 0 Å². The summed E-state index contributed by atoms with van der Waals surface area (Å²) in [6.45, 7) is 3.39. The summed E-state index contributed by atoms with van der Waals surface area (Å²) in [5, 5.41) is 2.50. The predicted molar refractivity (Wildman–Crippen MR) is 73.3 cm³/mol. The molecule has 4 nitrogen and oxygen atoms in total. The number of ether oxygens (including phenoxy) is 1. The molecule has 0 radical (unpaired) electrons. The van der Waals surface area contributed by atoms with Crippen molar-refractivity contribution in [2.75, 3.05) is 6.54 Å². The summed E-state index contributed by atoms with van der Waals surface area (Å²) in [7, 11) is 0. The Kier molecular flexibility index (Phi) is 5.61. The molecule has 0 saturated heterocycles. The van der Waals surface area contributed by atoms with Gasteiger partial charge in [-0.25, -0.2) is 0 Å². The van der Waals surface area contributed by atoms with E-state index in [4.69, 9.17) is 4.74 Å².